The molecule has 1 atom stereocenters. The highest BCUT2D eigenvalue weighted by molar-refractivity contribution is 4.90. The van der Waals surface area contributed by atoms with Gasteiger partial charge < -0.3 is 10.2 Å². The second kappa shape index (κ2) is 7.68. The van der Waals surface area contributed by atoms with Gasteiger partial charge in [-0.25, -0.2) is 0 Å². The van der Waals surface area contributed by atoms with Crippen LogP contribution in [0.2, 0.25) is 0 Å². The van der Waals surface area contributed by atoms with E-state index in [0.29, 0.717) is 32.6 Å². The largest absolute Gasteiger partial charge is 0.401 e. The van der Waals surface area contributed by atoms with Gasteiger partial charge in [0.2, 0.25) is 0 Å². The fourth-order valence-electron chi connectivity index (χ4n) is 2.19. The first-order valence-corrected chi connectivity index (χ1v) is 6.59. The molecule has 7 heteroatoms. The third-order valence-corrected chi connectivity index (χ3v) is 3.21. The van der Waals surface area contributed by atoms with Gasteiger partial charge >= 0.3 is 6.18 Å². The van der Waals surface area contributed by atoms with E-state index in [1.54, 1.807) is 0 Å². The summed E-state index contributed by atoms with van der Waals surface area (Å²) in [6.07, 6.45) is -3.40. The average molecular weight is 278 g/mol. The van der Waals surface area contributed by atoms with Crippen molar-refractivity contribution in [2.45, 2.75) is 25.6 Å². The molecule has 0 aromatic heterocycles. The van der Waals surface area contributed by atoms with Crippen LogP contribution in [0.15, 0.2) is 0 Å². The Morgan fingerprint density at radius 3 is 2.26 bits per heavy atom. The molecule has 0 aliphatic carbocycles. The van der Waals surface area contributed by atoms with Crippen molar-refractivity contribution in [2.75, 3.05) is 45.8 Å². The van der Waals surface area contributed by atoms with E-state index in [9.17, 15) is 13.2 Å². The van der Waals surface area contributed by atoms with Gasteiger partial charge in [-0.3, -0.25) is 4.90 Å². The molecule has 19 heavy (non-hydrogen) atoms. The Hall–Kier alpha value is -0.840. The van der Waals surface area contributed by atoms with Gasteiger partial charge in [0.1, 0.15) is 0 Å². The van der Waals surface area contributed by atoms with Crippen molar-refractivity contribution in [1.82, 2.24) is 15.1 Å². The summed E-state index contributed by atoms with van der Waals surface area (Å²) in [6.45, 7) is 4.79. The molecule has 110 valence electrons. The van der Waals surface area contributed by atoms with Crippen LogP contribution in [-0.4, -0.2) is 67.8 Å². The lowest BCUT2D eigenvalue weighted by molar-refractivity contribution is -0.149. The molecule has 0 radical (unpaired) electrons. The molecule has 4 nitrogen and oxygen atoms in total. The van der Waals surface area contributed by atoms with Gasteiger partial charge in [0.05, 0.1) is 18.7 Å². The predicted octanol–water partition coefficient (Wildman–Crippen LogP) is 1.06. The van der Waals surface area contributed by atoms with E-state index in [1.807, 2.05) is 6.92 Å². The number of piperazine rings is 1. The Bertz CT molecular complexity index is 292. The summed E-state index contributed by atoms with van der Waals surface area (Å²) in [4.78, 5) is 3.55. The molecule has 0 aromatic rings. The van der Waals surface area contributed by atoms with Crippen molar-refractivity contribution in [3.05, 3.63) is 0 Å². The second-order valence-electron chi connectivity index (χ2n) is 4.76. The molecule has 1 unspecified atom stereocenters. The van der Waals surface area contributed by atoms with Crippen LogP contribution < -0.4 is 5.32 Å². The minimum absolute atomic E-state index is 0.168. The summed E-state index contributed by atoms with van der Waals surface area (Å²) in [5.41, 5.74) is 0. The molecule has 1 aliphatic rings. The predicted molar refractivity (Wildman–Crippen MR) is 66.6 cm³/mol. The molecule has 1 N–H and O–H groups in total. The molecular weight excluding hydrogens is 257 g/mol. The third kappa shape index (κ3) is 6.76. The molecule has 0 saturated carbocycles. The first-order valence-electron chi connectivity index (χ1n) is 6.59. The Morgan fingerprint density at radius 2 is 1.79 bits per heavy atom. The van der Waals surface area contributed by atoms with Crippen LogP contribution in [0.25, 0.3) is 0 Å². The average Bonchev–Trinajstić information content (AvgIpc) is 2.34. The maximum Gasteiger partial charge on any atom is 0.401 e. The first-order chi connectivity index (χ1) is 8.94. The highest BCUT2D eigenvalue weighted by atomic mass is 19.4. The van der Waals surface area contributed by atoms with Gasteiger partial charge in [0.25, 0.3) is 0 Å². The standard InChI is InChI=1S/C12H21F3N4/c1-2-17-11(9-16)3-4-18-5-7-19(8-6-18)10-12(13,14)15/h11,17H,2-8,10H2,1H3. The van der Waals surface area contributed by atoms with Crippen molar-refractivity contribution in [3.63, 3.8) is 0 Å². The molecule has 1 heterocycles. The fourth-order valence-corrected chi connectivity index (χ4v) is 2.19. The van der Waals surface area contributed by atoms with Crippen molar-refractivity contribution in [1.29, 1.82) is 5.26 Å². The Labute approximate surface area is 112 Å². The van der Waals surface area contributed by atoms with E-state index >= 15 is 0 Å². The van der Waals surface area contributed by atoms with Crippen LogP contribution in [0.1, 0.15) is 13.3 Å². The number of nitriles is 1. The normalized spacial score (nSPS) is 20.2. The summed E-state index contributed by atoms with van der Waals surface area (Å²) in [6, 6.07) is 2.02. The number of rotatable bonds is 6. The van der Waals surface area contributed by atoms with E-state index in [2.05, 4.69) is 16.3 Å². The van der Waals surface area contributed by atoms with Crippen LogP contribution in [0.5, 0.6) is 0 Å². The van der Waals surface area contributed by atoms with Gasteiger partial charge in [0.15, 0.2) is 0 Å². The number of nitrogens with zero attached hydrogens (tertiary/aromatic N) is 3. The van der Waals surface area contributed by atoms with Crippen molar-refractivity contribution < 1.29 is 13.2 Å². The summed E-state index contributed by atoms with van der Waals surface area (Å²) >= 11 is 0. The highest BCUT2D eigenvalue weighted by Crippen LogP contribution is 2.17. The number of halogens is 3. The molecular formula is C12H21F3N4. The monoisotopic (exact) mass is 278 g/mol. The molecule has 0 amide bonds. The summed E-state index contributed by atoms with van der Waals surface area (Å²) in [5.74, 6) is 0. The highest BCUT2D eigenvalue weighted by Gasteiger charge is 2.32. The fraction of sp³-hybridized carbons (Fsp3) is 0.917. The SMILES string of the molecule is CCNC(C#N)CCN1CCN(CC(F)(F)F)CC1. The minimum atomic E-state index is -4.11. The Morgan fingerprint density at radius 1 is 1.21 bits per heavy atom. The maximum absolute atomic E-state index is 12.2. The van der Waals surface area contributed by atoms with Crippen LogP contribution in [0.4, 0.5) is 13.2 Å². The van der Waals surface area contributed by atoms with E-state index in [1.165, 1.54) is 4.90 Å². The first kappa shape index (κ1) is 16.2. The zero-order chi connectivity index (χ0) is 14.3. The zero-order valence-electron chi connectivity index (χ0n) is 11.2. The Kier molecular flexibility index (Phi) is 6.55. The van der Waals surface area contributed by atoms with Crippen LogP contribution >= 0.6 is 0 Å². The summed E-state index contributed by atoms with van der Waals surface area (Å²) in [5, 5.41) is 12.0. The summed E-state index contributed by atoms with van der Waals surface area (Å²) in [7, 11) is 0. The van der Waals surface area contributed by atoms with Gasteiger partial charge in [-0.2, -0.15) is 18.4 Å². The number of hydrogen-bond acceptors (Lipinski definition) is 4. The van der Waals surface area contributed by atoms with Gasteiger partial charge in [0, 0.05) is 32.7 Å². The van der Waals surface area contributed by atoms with Gasteiger partial charge in [-0.1, -0.05) is 6.92 Å². The van der Waals surface area contributed by atoms with Crippen LogP contribution in [0, 0.1) is 11.3 Å². The molecule has 0 aromatic carbocycles. The van der Waals surface area contributed by atoms with Crippen LogP contribution in [-0.2, 0) is 0 Å². The zero-order valence-corrected chi connectivity index (χ0v) is 11.2. The van der Waals surface area contributed by atoms with Crippen molar-refractivity contribution in [2.24, 2.45) is 0 Å². The maximum atomic E-state index is 12.2. The number of alkyl halides is 3. The van der Waals surface area contributed by atoms with Crippen molar-refractivity contribution in [3.8, 4) is 6.07 Å². The number of nitrogens with one attached hydrogen (secondary N) is 1. The Balaban J connectivity index is 2.21. The van der Waals surface area contributed by atoms with E-state index in [0.717, 1.165) is 13.1 Å². The molecule has 1 rings (SSSR count). The van der Waals surface area contributed by atoms with Crippen molar-refractivity contribution >= 4 is 0 Å². The van der Waals surface area contributed by atoms with E-state index < -0.39 is 12.7 Å². The lowest BCUT2D eigenvalue weighted by atomic mass is 10.2. The lowest BCUT2D eigenvalue weighted by Crippen LogP contribution is -2.49. The minimum Gasteiger partial charge on any atom is -0.302 e. The summed E-state index contributed by atoms with van der Waals surface area (Å²) < 4.78 is 36.7. The van der Waals surface area contributed by atoms with Crippen LogP contribution in [0.3, 0.4) is 0 Å². The molecule has 0 bridgehead atoms. The smallest absolute Gasteiger partial charge is 0.302 e. The molecule has 1 saturated heterocycles. The topological polar surface area (TPSA) is 42.3 Å². The van der Waals surface area contributed by atoms with E-state index in [-0.39, 0.29) is 6.04 Å². The molecule has 1 fully saturated rings. The lowest BCUT2D eigenvalue weighted by Gasteiger charge is -2.35. The third-order valence-electron chi connectivity index (χ3n) is 3.21. The molecule has 0 spiro atoms. The quantitative estimate of drug-likeness (QED) is 0.789. The van der Waals surface area contributed by atoms with Gasteiger partial charge in [-0.15, -0.1) is 0 Å². The number of hydrogen-bond donors (Lipinski definition) is 1. The van der Waals surface area contributed by atoms with E-state index in [4.69, 9.17) is 5.26 Å². The molecule has 1 aliphatic heterocycles. The second-order valence-corrected chi connectivity index (χ2v) is 4.76. The van der Waals surface area contributed by atoms with Gasteiger partial charge in [-0.05, 0) is 13.0 Å².